The third-order valence-corrected chi connectivity index (χ3v) is 5.73. The zero-order valence-corrected chi connectivity index (χ0v) is 11.8. The maximum absolute atomic E-state index is 10.7. The molecular weight excluding hydrogens is 266 g/mol. The van der Waals surface area contributed by atoms with Gasteiger partial charge >= 0.3 is 0 Å². The molecule has 4 aliphatic rings. The Morgan fingerprint density at radius 1 is 1.52 bits per heavy atom. The Labute approximate surface area is 127 Å². The molecule has 0 aromatic heterocycles. The number of likely N-dealkylation sites (tertiary alicyclic amines) is 1. The van der Waals surface area contributed by atoms with E-state index in [0.717, 1.165) is 24.1 Å². The Morgan fingerprint density at radius 2 is 2.38 bits per heavy atom. The SMILES string of the molecule is [2H]C1=C[C@H]2[C@H]3Cc4ccc(O)c5c4[C@@]2(CCN3C)[C@@]([2H])(O5)[C@@]1([2H])O. The number of rotatable bonds is 0. The van der Waals surface area contributed by atoms with Crippen LogP contribution in [0.1, 0.15) is 21.7 Å². The van der Waals surface area contributed by atoms with Crippen molar-refractivity contribution in [2.75, 3.05) is 13.6 Å². The van der Waals surface area contributed by atoms with E-state index in [0.29, 0.717) is 6.42 Å². The lowest BCUT2D eigenvalue weighted by Gasteiger charge is -2.56. The fourth-order valence-electron chi connectivity index (χ4n) is 4.78. The van der Waals surface area contributed by atoms with Gasteiger partial charge in [-0.15, -0.1) is 0 Å². The summed E-state index contributed by atoms with van der Waals surface area (Å²) >= 11 is 0. The van der Waals surface area contributed by atoms with Crippen LogP contribution < -0.4 is 4.74 Å². The lowest BCUT2D eigenvalue weighted by atomic mass is 9.53. The van der Waals surface area contributed by atoms with Gasteiger partial charge in [0.1, 0.15) is 12.2 Å². The van der Waals surface area contributed by atoms with E-state index in [9.17, 15) is 10.2 Å². The Kier molecular flexibility index (Phi) is 1.64. The normalized spacial score (nSPS) is 52.1. The molecule has 2 aliphatic heterocycles. The number of piperidine rings is 1. The first-order chi connectivity index (χ1) is 11.2. The van der Waals surface area contributed by atoms with Crippen LogP contribution in [0.2, 0.25) is 0 Å². The van der Waals surface area contributed by atoms with Gasteiger partial charge in [-0.3, -0.25) is 0 Å². The van der Waals surface area contributed by atoms with Gasteiger partial charge in [-0.2, -0.15) is 0 Å². The summed E-state index contributed by atoms with van der Waals surface area (Å²) < 4.78 is 31.3. The van der Waals surface area contributed by atoms with E-state index in [-0.39, 0.29) is 29.5 Å². The fourth-order valence-corrected chi connectivity index (χ4v) is 4.78. The molecule has 2 heterocycles. The molecule has 1 aromatic rings. The highest BCUT2D eigenvalue weighted by atomic mass is 16.5. The molecule has 1 fully saturated rings. The average Bonchev–Trinajstić information content (AvgIpc) is 2.80. The smallest absolute Gasteiger partial charge is 0.165 e. The van der Waals surface area contributed by atoms with Gasteiger partial charge in [0, 0.05) is 22.9 Å². The maximum Gasteiger partial charge on any atom is 0.165 e. The van der Waals surface area contributed by atoms with Crippen LogP contribution in [0.25, 0.3) is 0 Å². The van der Waals surface area contributed by atoms with Gasteiger partial charge in [0.15, 0.2) is 11.5 Å². The van der Waals surface area contributed by atoms with Gasteiger partial charge in [0.25, 0.3) is 0 Å². The molecule has 2 aliphatic carbocycles. The second kappa shape index (κ2) is 3.62. The number of likely N-dealkylation sites (N-methyl/N-ethyl adjacent to an activating group) is 1. The molecule has 21 heavy (non-hydrogen) atoms. The highest BCUT2D eigenvalue weighted by Crippen LogP contribution is 2.62. The van der Waals surface area contributed by atoms with Gasteiger partial charge < -0.3 is 19.8 Å². The predicted molar refractivity (Wildman–Crippen MR) is 77.6 cm³/mol. The summed E-state index contributed by atoms with van der Waals surface area (Å²) in [6.07, 6.45) is -1.59. The number of hydrogen-bond acceptors (Lipinski definition) is 4. The summed E-state index contributed by atoms with van der Waals surface area (Å²) in [4.78, 5) is 2.22. The summed E-state index contributed by atoms with van der Waals surface area (Å²) in [6, 6.07) is 3.20. The molecule has 1 aromatic carbocycles. The van der Waals surface area contributed by atoms with Gasteiger partial charge in [0.05, 0.1) is 4.11 Å². The van der Waals surface area contributed by atoms with Gasteiger partial charge in [-0.05, 0) is 38.1 Å². The lowest BCUT2D eigenvalue weighted by Crippen LogP contribution is -2.64. The van der Waals surface area contributed by atoms with Crippen LogP contribution >= 0.6 is 0 Å². The van der Waals surface area contributed by atoms with Crippen molar-refractivity contribution in [3.63, 3.8) is 0 Å². The monoisotopic (exact) mass is 288 g/mol. The van der Waals surface area contributed by atoms with Crippen molar-refractivity contribution in [2.45, 2.75) is 36.5 Å². The third kappa shape index (κ3) is 1.21. The van der Waals surface area contributed by atoms with Gasteiger partial charge in [-0.1, -0.05) is 18.2 Å². The summed E-state index contributed by atoms with van der Waals surface area (Å²) in [6.45, 7) is 0.719. The van der Waals surface area contributed by atoms with Crippen molar-refractivity contribution in [1.29, 1.82) is 0 Å². The molecule has 2 bridgehead atoms. The van der Waals surface area contributed by atoms with E-state index in [1.54, 1.807) is 12.1 Å². The Balaban J connectivity index is 1.91. The standard InChI is InChI=1S/C17H19NO3/c1-18-7-6-17-10-3-5-13(20)16(17)21-15-12(19)4-2-9(14(15)17)8-11(10)18/h2-5,10-11,13,16,19-20H,6-8H2,1H3/t10-,11+,13-,16-,17-/m0/s1/i5D,13D,16D. The van der Waals surface area contributed by atoms with E-state index in [1.807, 2.05) is 13.1 Å². The number of aromatic hydroxyl groups is 1. The summed E-state index contributed by atoms with van der Waals surface area (Å²) in [5, 5.41) is 21.0. The molecule has 2 N–H and O–H groups in total. The molecular formula is C17H19NO3. The van der Waals surface area contributed by atoms with E-state index in [2.05, 4.69) is 4.90 Å². The average molecular weight is 288 g/mol. The first-order valence-electron chi connectivity index (χ1n) is 8.90. The van der Waals surface area contributed by atoms with Crippen molar-refractivity contribution < 1.29 is 19.1 Å². The van der Waals surface area contributed by atoms with Crippen molar-refractivity contribution in [3.05, 3.63) is 35.4 Å². The zero-order chi connectivity index (χ0) is 17.1. The number of aliphatic hydroxyl groups is 1. The van der Waals surface area contributed by atoms with Crippen LogP contribution in [0, 0.1) is 5.92 Å². The van der Waals surface area contributed by atoms with E-state index in [4.69, 9.17) is 8.85 Å². The molecule has 0 amide bonds. The van der Waals surface area contributed by atoms with Crippen LogP contribution in [0.15, 0.2) is 24.3 Å². The molecule has 4 nitrogen and oxygen atoms in total. The molecule has 5 atom stereocenters. The predicted octanol–water partition coefficient (Wildman–Crippen LogP) is 1.20. The van der Waals surface area contributed by atoms with Crippen molar-refractivity contribution in [2.24, 2.45) is 5.92 Å². The van der Waals surface area contributed by atoms with Crippen LogP contribution in [-0.2, 0) is 11.8 Å². The van der Waals surface area contributed by atoms with Crippen molar-refractivity contribution in [1.82, 2.24) is 4.90 Å². The molecule has 1 spiro atoms. The summed E-state index contributed by atoms with van der Waals surface area (Å²) in [5.74, 6) is -0.0469. The summed E-state index contributed by atoms with van der Waals surface area (Å²) in [7, 11) is 2.03. The number of phenolic OH excluding ortho intramolecular Hbond substituents is 1. The third-order valence-electron chi connectivity index (χ3n) is 5.73. The quantitative estimate of drug-likeness (QED) is 0.704. The van der Waals surface area contributed by atoms with E-state index < -0.39 is 17.6 Å². The van der Waals surface area contributed by atoms with Crippen LogP contribution in [0.4, 0.5) is 0 Å². The molecule has 0 radical (unpaired) electrons. The Hall–Kier alpha value is -1.52. The number of nitrogens with zero attached hydrogens (tertiary/aromatic N) is 1. The maximum atomic E-state index is 10.7. The molecule has 0 saturated carbocycles. The minimum absolute atomic E-state index is 0.0670. The second-order valence-electron chi connectivity index (χ2n) is 6.54. The van der Waals surface area contributed by atoms with Gasteiger partial charge in [-0.25, -0.2) is 0 Å². The Bertz CT molecular complexity index is 811. The molecule has 5 rings (SSSR count). The van der Waals surface area contributed by atoms with Crippen LogP contribution in [0.5, 0.6) is 11.5 Å². The fraction of sp³-hybridized carbons (Fsp3) is 0.529. The molecule has 0 unspecified atom stereocenters. The van der Waals surface area contributed by atoms with E-state index in [1.165, 1.54) is 0 Å². The minimum Gasteiger partial charge on any atom is -0.504 e. The highest BCUT2D eigenvalue weighted by Gasteiger charge is 2.64. The van der Waals surface area contributed by atoms with Crippen molar-refractivity contribution in [3.8, 4) is 11.5 Å². The topological polar surface area (TPSA) is 52.9 Å². The first-order valence-corrected chi connectivity index (χ1v) is 7.40. The zero-order valence-electron chi connectivity index (χ0n) is 14.8. The van der Waals surface area contributed by atoms with Gasteiger partial charge in [0.2, 0.25) is 0 Å². The largest absolute Gasteiger partial charge is 0.504 e. The molecule has 4 heteroatoms. The summed E-state index contributed by atoms with van der Waals surface area (Å²) in [5.41, 5.74) is 0.857. The molecule has 110 valence electrons. The molecule has 1 saturated heterocycles. The van der Waals surface area contributed by atoms with Crippen molar-refractivity contribution >= 4 is 0 Å². The number of ether oxygens (including phenoxy) is 1. The van der Waals surface area contributed by atoms with Crippen LogP contribution in [0.3, 0.4) is 0 Å². The highest BCUT2D eigenvalue weighted by molar-refractivity contribution is 5.61. The second-order valence-corrected chi connectivity index (χ2v) is 6.54. The number of phenols is 1. The van der Waals surface area contributed by atoms with Crippen LogP contribution in [-0.4, -0.2) is 46.9 Å². The number of hydrogen-bond donors (Lipinski definition) is 2. The van der Waals surface area contributed by atoms with E-state index >= 15 is 0 Å². The lowest BCUT2D eigenvalue weighted by molar-refractivity contribution is -0.0453. The first kappa shape index (κ1) is 9.49. The Morgan fingerprint density at radius 3 is 3.24 bits per heavy atom. The minimum atomic E-state index is -2.48. The number of benzene rings is 1.